The number of benzene rings is 1. The van der Waals surface area contributed by atoms with Crippen molar-refractivity contribution in [2.45, 2.75) is 38.5 Å². The van der Waals surface area contributed by atoms with Gasteiger partial charge in [-0.3, -0.25) is 0 Å². The molecule has 0 aromatic heterocycles. The van der Waals surface area contributed by atoms with Gasteiger partial charge in [-0.2, -0.15) is 0 Å². The summed E-state index contributed by atoms with van der Waals surface area (Å²) in [5.74, 6) is 0.391. The Kier molecular flexibility index (Phi) is 3.01. The van der Waals surface area contributed by atoms with Gasteiger partial charge in [0.25, 0.3) is 0 Å². The second-order valence-electron chi connectivity index (χ2n) is 4.89. The van der Waals surface area contributed by atoms with Crippen LogP contribution in [-0.4, -0.2) is 11.7 Å². The van der Waals surface area contributed by atoms with Crippen molar-refractivity contribution in [1.82, 2.24) is 0 Å². The van der Waals surface area contributed by atoms with Crippen molar-refractivity contribution in [1.29, 1.82) is 0 Å². The highest BCUT2D eigenvalue weighted by atomic mass is 79.9. The fourth-order valence-corrected chi connectivity index (χ4v) is 3.09. The molecule has 16 heavy (non-hydrogen) atoms. The Bertz CT molecular complexity index is 419. The van der Waals surface area contributed by atoms with E-state index >= 15 is 0 Å². The first-order valence-electron chi connectivity index (χ1n) is 5.71. The molecule has 0 unspecified atom stereocenters. The molecule has 2 rings (SSSR count). The van der Waals surface area contributed by atoms with E-state index in [4.69, 9.17) is 5.73 Å². The number of hydrogen-bond donors (Lipinski definition) is 2. The molecular weight excluding hydrogens is 266 g/mol. The molecule has 0 atom stereocenters. The summed E-state index contributed by atoms with van der Waals surface area (Å²) in [7, 11) is 0. The molecule has 3 heteroatoms. The molecule has 0 heterocycles. The largest absolute Gasteiger partial charge is 0.506 e. The van der Waals surface area contributed by atoms with Crippen LogP contribution in [0.1, 0.15) is 36.0 Å². The third-order valence-corrected chi connectivity index (χ3v) is 4.85. The highest BCUT2D eigenvalue weighted by Crippen LogP contribution is 2.49. The van der Waals surface area contributed by atoms with E-state index in [1.165, 1.54) is 6.42 Å². The number of aromatic hydroxyl groups is 1. The fourth-order valence-electron chi connectivity index (χ4n) is 2.77. The smallest absolute Gasteiger partial charge is 0.134 e. The summed E-state index contributed by atoms with van der Waals surface area (Å²) >= 11 is 3.45. The lowest BCUT2D eigenvalue weighted by atomic mass is 9.63. The van der Waals surface area contributed by atoms with Crippen LogP contribution >= 0.6 is 15.9 Å². The Morgan fingerprint density at radius 1 is 1.38 bits per heavy atom. The average molecular weight is 284 g/mol. The summed E-state index contributed by atoms with van der Waals surface area (Å²) in [6.45, 7) is 4.68. The molecule has 0 bridgehead atoms. The first-order valence-corrected chi connectivity index (χ1v) is 6.50. The molecule has 0 aliphatic heterocycles. The molecule has 1 saturated carbocycles. The molecule has 1 aromatic rings. The molecule has 1 aromatic carbocycles. The van der Waals surface area contributed by atoms with E-state index < -0.39 is 0 Å². The van der Waals surface area contributed by atoms with Gasteiger partial charge in [0.05, 0.1) is 4.47 Å². The van der Waals surface area contributed by atoms with E-state index in [9.17, 15) is 5.11 Å². The summed E-state index contributed by atoms with van der Waals surface area (Å²) in [6.07, 6.45) is 3.39. The van der Waals surface area contributed by atoms with Gasteiger partial charge < -0.3 is 10.8 Å². The maximum Gasteiger partial charge on any atom is 0.134 e. The van der Waals surface area contributed by atoms with E-state index in [1.54, 1.807) is 0 Å². The molecule has 2 nitrogen and oxygen atoms in total. The molecule has 1 fully saturated rings. The van der Waals surface area contributed by atoms with Crippen LogP contribution in [0.15, 0.2) is 10.5 Å². The van der Waals surface area contributed by atoms with Gasteiger partial charge >= 0.3 is 0 Å². The second kappa shape index (κ2) is 4.04. The van der Waals surface area contributed by atoms with Crippen molar-refractivity contribution in [2.24, 2.45) is 5.73 Å². The van der Waals surface area contributed by atoms with Crippen molar-refractivity contribution in [3.63, 3.8) is 0 Å². The second-order valence-corrected chi connectivity index (χ2v) is 5.68. The Balaban J connectivity index is 2.60. The highest BCUT2D eigenvalue weighted by molar-refractivity contribution is 9.10. The van der Waals surface area contributed by atoms with E-state index in [0.717, 1.165) is 34.0 Å². The van der Waals surface area contributed by atoms with Gasteiger partial charge in [-0.25, -0.2) is 0 Å². The third-order valence-electron chi connectivity index (χ3n) is 3.85. The fraction of sp³-hybridized carbons (Fsp3) is 0.538. The first kappa shape index (κ1) is 11.9. The SMILES string of the molecule is Cc1cc(C)c(C2(CN)CCC2)c(O)c1Br. The van der Waals surface area contributed by atoms with Crippen LogP contribution in [0, 0.1) is 13.8 Å². The van der Waals surface area contributed by atoms with E-state index in [0.29, 0.717) is 12.3 Å². The summed E-state index contributed by atoms with van der Waals surface area (Å²) in [5, 5.41) is 10.3. The van der Waals surface area contributed by atoms with Gasteiger partial charge in [0.2, 0.25) is 0 Å². The van der Waals surface area contributed by atoms with E-state index in [1.807, 2.05) is 6.92 Å². The molecule has 3 N–H and O–H groups in total. The Hall–Kier alpha value is -0.540. The zero-order chi connectivity index (χ0) is 11.9. The van der Waals surface area contributed by atoms with Crippen LogP contribution in [0.3, 0.4) is 0 Å². The van der Waals surface area contributed by atoms with Crippen molar-refractivity contribution in [3.05, 3.63) is 27.2 Å². The lowest BCUT2D eigenvalue weighted by Crippen LogP contribution is -2.42. The van der Waals surface area contributed by atoms with Gasteiger partial charge in [-0.15, -0.1) is 0 Å². The van der Waals surface area contributed by atoms with Crippen LogP contribution in [0.2, 0.25) is 0 Å². The molecule has 0 radical (unpaired) electrons. The van der Waals surface area contributed by atoms with Crippen LogP contribution in [0.5, 0.6) is 5.75 Å². The molecule has 0 amide bonds. The third kappa shape index (κ3) is 1.57. The minimum absolute atomic E-state index is 0.0182. The number of phenolic OH excluding ortho intramolecular Hbond substituents is 1. The summed E-state index contributed by atoms with van der Waals surface area (Å²) in [4.78, 5) is 0. The van der Waals surface area contributed by atoms with Crippen molar-refractivity contribution in [3.8, 4) is 5.75 Å². The standard InChI is InChI=1S/C13H18BrNO/c1-8-6-9(2)11(14)12(16)10(8)13(7-15)4-3-5-13/h6,16H,3-5,7,15H2,1-2H3. The Morgan fingerprint density at radius 3 is 2.44 bits per heavy atom. The number of nitrogens with two attached hydrogens (primary N) is 1. The minimum Gasteiger partial charge on any atom is -0.506 e. The topological polar surface area (TPSA) is 46.2 Å². The monoisotopic (exact) mass is 283 g/mol. The minimum atomic E-state index is 0.0182. The summed E-state index contributed by atoms with van der Waals surface area (Å²) in [5.41, 5.74) is 9.20. The van der Waals surface area contributed by atoms with Crippen molar-refractivity contribution in [2.75, 3.05) is 6.54 Å². The van der Waals surface area contributed by atoms with Gasteiger partial charge in [-0.05, 0) is 53.7 Å². The van der Waals surface area contributed by atoms with Gasteiger partial charge in [-0.1, -0.05) is 12.5 Å². The zero-order valence-electron chi connectivity index (χ0n) is 9.81. The van der Waals surface area contributed by atoms with Crippen LogP contribution in [0.4, 0.5) is 0 Å². The molecule has 0 saturated heterocycles. The average Bonchev–Trinajstić information content (AvgIpc) is 2.18. The Morgan fingerprint density at radius 2 is 2.00 bits per heavy atom. The number of rotatable bonds is 2. The van der Waals surface area contributed by atoms with Crippen molar-refractivity contribution >= 4 is 15.9 Å². The maximum atomic E-state index is 10.3. The first-order chi connectivity index (χ1) is 7.52. The van der Waals surface area contributed by atoms with Crippen LogP contribution < -0.4 is 5.73 Å². The number of halogens is 1. The molecule has 1 aliphatic carbocycles. The van der Waals surface area contributed by atoms with Gasteiger partial charge in [0.1, 0.15) is 5.75 Å². The van der Waals surface area contributed by atoms with Gasteiger partial charge in [0.15, 0.2) is 0 Å². The molecular formula is C13H18BrNO. The zero-order valence-corrected chi connectivity index (χ0v) is 11.4. The van der Waals surface area contributed by atoms with E-state index in [-0.39, 0.29) is 5.41 Å². The molecule has 0 spiro atoms. The lowest BCUT2D eigenvalue weighted by molar-refractivity contribution is 0.243. The Labute approximate surface area is 105 Å². The summed E-state index contributed by atoms with van der Waals surface area (Å²) < 4.78 is 0.813. The quantitative estimate of drug-likeness (QED) is 0.876. The predicted molar refractivity (Wildman–Crippen MR) is 69.9 cm³/mol. The van der Waals surface area contributed by atoms with Crippen molar-refractivity contribution < 1.29 is 5.11 Å². The molecule has 1 aliphatic rings. The maximum absolute atomic E-state index is 10.3. The highest BCUT2D eigenvalue weighted by Gasteiger charge is 2.40. The predicted octanol–water partition coefficient (Wildman–Crippen LogP) is 3.15. The lowest BCUT2D eigenvalue weighted by Gasteiger charge is -2.43. The van der Waals surface area contributed by atoms with Crippen LogP contribution in [0.25, 0.3) is 0 Å². The van der Waals surface area contributed by atoms with Crippen LogP contribution in [-0.2, 0) is 5.41 Å². The van der Waals surface area contributed by atoms with Gasteiger partial charge in [0, 0.05) is 17.5 Å². The molecule has 88 valence electrons. The summed E-state index contributed by atoms with van der Waals surface area (Å²) in [6, 6.07) is 2.12. The number of phenols is 1. The van der Waals surface area contributed by atoms with E-state index in [2.05, 4.69) is 28.9 Å². The number of hydrogen-bond acceptors (Lipinski definition) is 2. The normalized spacial score (nSPS) is 18.2. The number of aryl methyl sites for hydroxylation is 2.